The Balaban J connectivity index is 1.44. The molecule has 0 amide bonds. The Morgan fingerprint density at radius 3 is 2.70 bits per heavy atom. The van der Waals surface area contributed by atoms with Crippen LogP contribution < -0.4 is 10.9 Å². The van der Waals surface area contributed by atoms with Gasteiger partial charge in [-0.15, -0.1) is 0 Å². The first kappa shape index (κ1) is 18.4. The van der Waals surface area contributed by atoms with Crippen LogP contribution in [0.25, 0.3) is 0 Å². The van der Waals surface area contributed by atoms with Crippen molar-refractivity contribution in [2.24, 2.45) is 10.9 Å². The Labute approximate surface area is 154 Å². The van der Waals surface area contributed by atoms with E-state index in [4.69, 9.17) is 15.6 Å². The van der Waals surface area contributed by atoms with Crippen molar-refractivity contribution in [3.05, 3.63) is 52.9 Å². The molecule has 27 heavy (non-hydrogen) atoms. The molecular formula is C16H19F2N5O3S. The molecule has 3 heterocycles. The summed E-state index contributed by atoms with van der Waals surface area (Å²) < 4.78 is 56.7. The van der Waals surface area contributed by atoms with E-state index in [9.17, 15) is 17.2 Å². The third-order valence-corrected chi connectivity index (χ3v) is 5.73. The first-order valence-electron chi connectivity index (χ1n) is 8.39. The summed E-state index contributed by atoms with van der Waals surface area (Å²) in [6, 6.07) is 2.69. The molecule has 1 aromatic carbocycles. The summed E-state index contributed by atoms with van der Waals surface area (Å²) in [5.74, 6) is -1.09. The maximum absolute atomic E-state index is 14.0. The third-order valence-electron chi connectivity index (χ3n) is 5.03. The van der Waals surface area contributed by atoms with Gasteiger partial charge in [0.05, 0.1) is 12.3 Å². The molecule has 0 spiro atoms. The quantitative estimate of drug-likeness (QED) is 0.771. The zero-order valence-electron chi connectivity index (χ0n) is 14.3. The van der Waals surface area contributed by atoms with Crippen molar-refractivity contribution in [1.29, 1.82) is 0 Å². The zero-order valence-corrected chi connectivity index (χ0v) is 15.1. The minimum Gasteiger partial charge on any atom is -0.370 e. The van der Waals surface area contributed by atoms with E-state index in [0.29, 0.717) is 31.8 Å². The fourth-order valence-electron chi connectivity index (χ4n) is 3.69. The van der Waals surface area contributed by atoms with Crippen LogP contribution in [0.1, 0.15) is 29.3 Å². The minimum atomic E-state index is -3.90. The van der Waals surface area contributed by atoms with Crippen LogP contribution in [0.3, 0.4) is 0 Å². The van der Waals surface area contributed by atoms with Crippen molar-refractivity contribution in [3.63, 3.8) is 0 Å². The van der Waals surface area contributed by atoms with Crippen molar-refractivity contribution >= 4 is 10.2 Å². The van der Waals surface area contributed by atoms with Gasteiger partial charge in [0, 0.05) is 42.5 Å². The Bertz CT molecular complexity index is 957. The highest BCUT2D eigenvalue weighted by Crippen LogP contribution is 2.34. The average Bonchev–Trinajstić information content (AvgIpc) is 3.16. The van der Waals surface area contributed by atoms with Crippen LogP contribution in [-0.2, 0) is 28.0 Å². The lowest BCUT2D eigenvalue weighted by molar-refractivity contribution is -0.0533. The van der Waals surface area contributed by atoms with Gasteiger partial charge in [-0.25, -0.2) is 13.9 Å². The average molecular weight is 399 g/mol. The number of benzene rings is 1. The standard InChI is InChI=1S/C16H19F2N5O3S/c17-10-1-2-13(18)12(3-10)16-14(19)4-11(8-26-16)22-5-9-6-23(27(20,24)25)21-15(9)7-22/h1-3,6,11,14,16H,4-5,7-8,19H2,(H2,20,24,25)/t11-,14+,16-/m1/s1. The van der Waals surface area contributed by atoms with Crippen LogP contribution in [0.2, 0.25) is 0 Å². The monoisotopic (exact) mass is 399 g/mol. The first-order valence-corrected chi connectivity index (χ1v) is 9.89. The number of hydrogen-bond donors (Lipinski definition) is 2. The van der Waals surface area contributed by atoms with E-state index in [1.165, 1.54) is 6.20 Å². The van der Waals surface area contributed by atoms with E-state index < -0.39 is 34.0 Å². The molecule has 0 bridgehead atoms. The van der Waals surface area contributed by atoms with Gasteiger partial charge in [-0.2, -0.15) is 17.6 Å². The molecule has 4 N–H and O–H groups in total. The smallest absolute Gasteiger partial charge is 0.317 e. The SMILES string of the molecule is N[C@H]1C[C@@H](N2Cc3cn(S(N)(=O)=O)nc3C2)CO[C@@H]1c1cc(F)ccc1F. The maximum atomic E-state index is 14.0. The maximum Gasteiger partial charge on any atom is 0.317 e. The molecule has 0 unspecified atom stereocenters. The Kier molecular flexibility index (Phi) is 4.51. The highest BCUT2D eigenvalue weighted by molar-refractivity contribution is 7.87. The molecule has 0 radical (unpaired) electrons. The zero-order chi connectivity index (χ0) is 19.3. The van der Waals surface area contributed by atoms with Gasteiger partial charge >= 0.3 is 10.2 Å². The first-order chi connectivity index (χ1) is 12.7. The number of hydrogen-bond acceptors (Lipinski definition) is 6. The predicted octanol–water partition coefficient (Wildman–Crippen LogP) is 0.386. The second-order valence-corrected chi connectivity index (χ2v) is 8.30. The molecule has 8 nitrogen and oxygen atoms in total. The summed E-state index contributed by atoms with van der Waals surface area (Å²) in [7, 11) is -3.90. The molecule has 2 aliphatic rings. The van der Waals surface area contributed by atoms with E-state index in [0.717, 1.165) is 27.8 Å². The predicted molar refractivity (Wildman–Crippen MR) is 91.4 cm³/mol. The molecular weight excluding hydrogens is 380 g/mol. The molecule has 11 heteroatoms. The van der Waals surface area contributed by atoms with Gasteiger partial charge in [-0.3, -0.25) is 4.90 Å². The molecule has 0 saturated carbocycles. The van der Waals surface area contributed by atoms with E-state index >= 15 is 0 Å². The molecule has 1 saturated heterocycles. The van der Waals surface area contributed by atoms with Gasteiger partial charge in [-0.1, -0.05) is 0 Å². The second-order valence-electron chi connectivity index (χ2n) is 6.90. The Morgan fingerprint density at radius 1 is 1.26 bits per heavy atom. The Hall–Kier alpha value is -1.92. The Morgan fingerprint density at radius 2 is 2.04 bits per heavy atom. The molecule has 1 fully saturated rings. The van der Waals surface area contributed by atoms with Crippen molar-refractivity contribution < 1.29 is 21.9 Å². The fourth-order valence-corrected chi connectivity index (χ4v) is 4.18. The van der Waals surface area contributed by atoms with Gasteiger partial charge in [-0.05, 0) is 24.6 Å². The fraction of sp³-hybridized carbons (Fsp3) is 0.438. The van der Waals surface area contributed by atoms with Gasteiger partial charge in [0.25, 0.3) is 0 Å². The van der Waals surface area contributed by atoms with Crippen molar-refractivity contribution in [1.82, 2.24) is 14.1 Å². The lowest BCUT2D eigenvalue weighted by Gasteiger charge is -2.38. The molecule has 146 valence electrons. The molecule has 4 rings (SSSR count). The normalized spacial score (nSPS) is 26.3. The lowest BCUT2D eigenvalue weighted by atomic mass is 9.93. The molecule has 2 aromatic rings. The van der Waals surface area contributed by atoms with Crippen LogP contribution in [0.15, 0.2) is 24.4 Å². The van der Waals surface area contributed by atoms with Crippen LogP contribution in [0.5, 0.6) is 0 Å². The number of aromatic nitrogens is 2. The molecule has 3 atom stereocenters. The summed E-state index contributed by atoms with van der Waals surface area (Å²) in [6.45, 7) is 1.23. The highest BCUT2D eigenvalue weighted by atomic mass is 32.2. The lowest BCUT2D eigenvalue weighted by Crippen LogP contribution is -2.47. The summed E-state index contributed by atoms with van der Waals surface area (Å²) in [5, 5.41) is 9.08. The third kappa shape index (κ3) is 3.48. The van der Waals surface area contributed by atoms with Gasteiger partial charge in [0.15, 0.2) is 0 Å². The largest absolute Gasteiger partial charge is 0.370 e. The second kappa shape index (κ2) is 6.60. The van der Waals surface area contributed by atoms with E-state index in [-0.39, 0.29) is 11.6 Å². The van der Waals surface area contributed by atoms with E-state index in [2.05, 4.69) is 10.00 Å². The van der Waals surface area contributed by atoms with Crippen molar-refractivity contribution in [2.75, 3.05) is 6.61 Å². The van der Waals surface area contributed by atoms with Gasteiger partial charge < -0.3 is 10.5 Å². The number of halogens is 2. The van der Waals surface area contributed by atoms with E-state index in [1.807, 2.05) is 0 Å². The number of nitrogens with zero attached hydrogens (tertiary/aromatic N) is 3. The molecule has 1 aromatic heterocycles. The number of nitrogens with two attached hydrogens (primary N) is 2. The number of ether oxygens (including phenoxy) is 1. The summed E-state index contributed by atoms with van der Waals surface area (Å²) in [5.41, 5.74) is 7.72. The van der Waals surface area contributed by atoms with Gasteiger partial charge in [0.1, 0.15) is 17.7 Å². The molecule has 0 aliphatic carbocycles. The van der Waals surface area contributed by atoms with Gasteiger partial charge in [0.2, 0.25) is 0 Å². The van der Waals surface area contributed by atoms with Crippen LogP contribution in [0.4, 0.5) is 8.78 Å². The number of fused-ring (bicyclic) bond motifs is 1. The van der Waals surface area contributed by atoms with Crippen LogP contribution in [0, 0.1) is 11.6 Å². The van der Waals surface area contributed by atoms with Crippen molar-refractivity contribution in [2.45, 2.75) is 37.7 Å². The number of rotatable bonds is 3. The summed E-state index contributed by atoms with van der Waals surface area (Å²) in [4.78, 5) is 2.07. The summed E-state index contributed by atoms with van der Waals surface area (Å²) >= 11 is 0. The van der Waals surface area contributed by atoms with E-state index in [1.54, 1.807) is 0 Å². The van der Waals surface area contributed by atoms with Crippen LogP contribution in [-0.4, -0.2) is 41.2 Å². The topological polar surface area (TPSA) is 116 Å². The van der Waals surface area contributed by atoms with Crippen molar-refractivity contribution in [3.8, 4) is 0 Å². The summed E-state index contributed by atoms with van der Waals surface area (Å²) in [6.07, 6.45) is 1.22. The molecule has 2 aliphatic heterocycles. The highest BCUT2D eigenvalue weighted by Gasteiger charge is 2.37. The van der Waals surface area contributed by atoms with Crippen LogP contribution >= 0.6 is 0 Å². The minimum absolute atomic E-state index is 0.0370.